The third-order valence-corrected chi connectivity index (χ3v) is 4.88. The van der Waals surface area contributed by atoms with Crippen LogP contribution in [0.25, 0.3) is 11.4 Å². The zero-order chi connectivity index (χ0) is 16.9. The number of rotatable bonds is 6. The van der Waals surface area contributed by atoms with E-state index >= 15 is 0 Å². The molecule has 0 N–H and O–H groups in total. The molecule has 0 fully saturated rings. The summed E-state index contributed by atoms with van der Waals surface area (Å²) in [5.41, 5.74) is 0.929. The first-order valence-electron chi connectivity index (χ1n) is 7.41. The van der Waals surface area contributed by atoms with Gasteiger partial charge in [0.05, 0.1) is 24.8 Å². The topological polar surface area (TPSA) is 67.6 Å². The molecular weight excluding hydrogens is 344 g/mol. The van der Waals surface area contributed by atoms with Crippen molar-refractivity contribution in [2.24, 2.45) is 5.92 Å². The monoisotopic (exact) mass is 358 g/mol. The number of nitriles is 1. The first kappa shape index (κ1) is 16.6. The van der Waals surface area contributed by atoms with E-state index in [-0.39, 0.29) is 5.92 Å². The molecule has 0 radical (unpaired) electrons. The van der Waals surface area contributed by atoms with Crippen molar-refractivity contribution in [2.75, 3.05) is 5.75 Å². The van der Waals surface area contributed by atoms with Crippen LogP contribution in [0.3, 0.4) is 0 Å². The molecule has 0 aliphatic heterocycles. The van der Waals surface area contributed by atoms with Crippen molar-refractivity contribution in [3.05, 3.63) is 53.4 Å². The van der Waals surface area contributed by atoms with Crippen LogP contribution in [0.15, 0.2) is 52.2 Å². The molecule has 1 aromatic carbocycles. The van der Waals surface area contributed by atoms with E-state index in [1.807, 2.05) is 47.9 Å². The molecule has 0 saturated carbocycles. The molecule has 0 aliphatic carbocycles. The summed E-state index contributed by atoms with van der Waals surface area (Å²) in [6, 6.07) is 13.5. The molecule has 5 nitrogen and oxygen atoms in total. The summed E-state index contributed by atoms with van der Waals surface area (Å²) < 4.78 is 7.46. The average molecular weight is 359 g/mol. The van der Waals surface area contributed by atoms with Crippen LogP contribution in [0.1, 0.15) is 12.7 Å². The van der Waals surface area contributed by atoms with E-state index in [4.69, 9.17) is 21.3 Å². The smallest absolute Gasteiger partial charge is 0.191 e. The number of halogens is 1. The predicted octanol–water partition coefficient (Wildman–Crippen LogP) is 4.49. The largest absolute Gasteiger partial charge is 0.467 e. The van der Waals surface area contributed by atoms with Crippen molar-refractivity contribution in [3.63, 3.8) is 0 Å². The van der Waals surface area contributed by atoms with E-state index in [0.717, 1.165) is 22.3 Å². The fraction of sp³-hybridized carbons (Fsp3) is 0.235. The molecule has 3 aromatic rings. The molecule has 2 aromatic heterocycles. The molecule has 0 spiro atoms. The van der Waals surface area contributed by atoms with Gasteiger partial charge in [-0.1, -0.05) is 23.4 Å². The summed E-state index contributed by atoms with van der Waals surface area (Å²) in [6.45, 7) is 2.42. The van der Waals surface area contributed by atoms with E-state index in [2.05, 4.69) is 16.3 Å². The summed E-state index contributed by atoms with van der Waals surface area (Å²) in [7, 11) is 0. The standard InChI is InChI=1S/C17H15ClN4OS/c1-12(9-19)11-24-17-21-20-16(13-4-6-14(18)7-5-13)22(17)10-15-3-2-8-23-15/h2-8,12H,10-11H2,1H3/t12-/m1/s1. The lowest BCUT2D eigenvalue weighted by atomic mass is 10.2. The van der Waals surface area contributed by atoms with Crippen molar-refractivity contribution >= 4 is 23.4 Å². The lowest BCUT2D eigenvalue weighted by Crippen LogP contribution is -2.04. The number of nitrogens with zero attached hydrogens (tertiary/aromatic N) is 4. The van der Waals surface area contributed by atoms with Gasteiger partial charge in [-0.3, -0.25) is 4.57 Å². The Morgan fingerprint density at radius 1 is 1.29 bits per heavy atom. The highest BCUT2D eigenvalue weighted by Gasteiger charge is 2.16. The highest BCUT2D eigenvalue weighted by atomic mass is 35.5. The summed E-state index contributed by atoms with van der Waals surface area (Å²) in [5, 5.41) is 19.0. The number of furan rings is 1. The molecular formula is C17H15ClN4OS. The van der Waals surface area contributed by atoms with Crippen LogP contribution >= 0.6 is 23.4 Å². The van der Waals surface area contributed by atoms with Gasteiger partial charge in [-0.15, -0.1) is 10.2 Å². The molecule has 7 heteroatoms. The second-order valence-electron chi connectivity index (χ2n) is 5.32. The minimum Gasteiger partial charge on any atom is -0.467 e. The highest BCUT2D eigenvalue weighted by molar-refractivity contribution is 7.99. The molecule has 0 amide bonds. The zero-order valence-electron chi connectivity index (χ0n) is 13.0. The maximum absolute atomic E-state index is 8.97. The number of thioether (sulfide) groups is 1. The van der Waals surface area contributed by atoms with Crippen LogP contribution in [0, 0.1) is 17.2 Å². The Balaban J connectivity index is 1.94. The Morgan fingerprint density at radius 3 is 2.75 bits per heavy atom. The highest BCUT2D eigenvalue weighted by Crippen LogP contribution is 2.27. The molecule has 2 heterocycles. The quantitative estimate of drug-likeness (QED) is 0.607. The lowest BCUT2D eigenvalue weighted by Gasteiger charge is -2.09. The van der Waals surface area contributed by atoms with Crippen LogP contribution in [0.4, 0.5) is 0 Å². The molecule has 0 aliphatic rings. The Labute approximate surface area is 149 Å². The van der Waals surface area contributed by atoms with Gasteiger partial charge in [0.2, 0.25) is 0 Å². The van der Waals surface area contributed by atoms with Gasteiger partial charge in [-0.2, -0.15) is 5.26 Å². The molecule has 3 rings (SSSR count). The van der Waals surface area contributed by atoms with Crippen LogP contribution in [0.2, 0.25) is 5.02 Å². The second kappa shape index (κ2) is 7.56. The molecule has 1 atom stereocenters. The molecule has 0 saturated heterocycles. The minimum atomic E-state index is -0.0530. The fourth-order valence-corrected chi connectivity index (χ4v) is 3.15. The molecule has 24 heavy (non-hydrogen) atoms. The van der Waals surface area contributed by atoms with Gasteiger partial charge in [0.1, 0.15) is 5.76 Å². The fourth-order valence-electron chi connectivity index (χ4n) is 2.15. The van der Waals surface area contributed by atoms with Gasteiger partial charge >= 0.3 is 0 Å². The summed E-state index contributed by atoms with van der Waals surface area (Å²) >= 11 is 7.49. The van der Waals surface area contributed by atoms with Crippen LogP contribution in [0.5, 0.6) is 0 Å². The van der Waals surface area contributed by atoms with Crippen LogP contribution in [-0.2, 0) is 6.54 Å². The SMILES string of the molecule is C[C@H](C#N)CSc1nnc(-c2ccc(Cl)cc2)n1Cc1ccco1. The van der Waals surface area contributed by atoms with Gasteiger partial charge in [-0.05, 0) is 43.3 Å². The normalized spacial score (nSPS) is 12.0. The number of hydrogen-bond donors (Lipinski definition) is 0. The minimum absolute atomic E-state index is 0.0530. The Morgan fingerprint density at radius 2 is 2.08 bits per heavy atom. The molecule has 0 bridgehead atoms. The zero-order valence-corrected chi connectivity index (χ0v) is 14.6. The van der Waals surface area contributed by atoms with Crippen molar-refractivity contribution < 1.29 is 4.42 Å². The van der Waals surface area contributed by atoms with Crippen molar-refractivity contribution in [2.45, 2.75) is 18.6 Å². The van der Waals surface area contributed by atoms with Gasteiger partial charge in [-0.25, -0.2) is 0 Å². The van der Waals surface area contributed by atoms with Crippen LogP contribution in [-0.4, -0.2) is 20.5 Å². The maximum atomic E-state index is 8.97. The van der Waals surface area contributed by atoms with Gasteiger partial charge < -0.3 is 4.42 Å². The van der Waals surface area contributed by atoms with E-state index in [9.17, 15) is 0 Å². The third kappa shape index (κ3) is 3.81. The average Bonchev–Trinajstić information content (AvgIpc) is 3.24. The number of hydrogen-bond acceptors (Lipinski definition) is 5. The van der Waals surface area contributed by atoms with Crippen molar-refractivity contribution in [3.8, 4) is 17.5 Å². The Bertz CT molecular complexity index is 837. The molecule has 122 valence electrons. The Kier molecular flexibility index (Phi) is 5.24. The predicted molar refractivity (Wildman–Crippen MR) is 93.8 cm³/mol. The number of benzene rings is 1. The Hall–Kier alpha value is -2.23. The summed E-state index contributed by atoms with van der Waals surface area (Å²) in [4.78, 5) is 0. The van der Waals surface area contributed by atoms with Gasteiger partial charge in [0.15, 0.2) is 11.0 Å². The van der Waals surface area contributed by atoms with E-state index in [1.54, 1.807) is 6.26 Å². The van der Waals surface area contributed by atoms with Crippen molar-refractivity contribution in [1.29, 1.82) is 5.26 Å². The first-order valence-corrected chi connectivity index (χ1v) is 8.77. The van der Waals surface area contributed by atoms with E-state index in [0.29, 0.717) is 17.3 Å². The van der Waals surface area contributed by atoms with E-state index < -0.39 is 0 Å². The van der Waals surface area contributed by atoms with E-state index in [1.165, 1.54) is 11.8 Å². The third-order valence-electron chi connectivity index (χ3n) is 3.40. The maximum Gasteiger partial charge on any atom is 0.191 e. The molecule has 0 unspecified atom stereocenters. The van der Waals surface area contributed by atoms with Gasteiger partial charge in [0.25, 0.3) is 0 Å². The lowest BCUT2D eigenvalue weighted by molar-refractivity contribution is 0.485. The number of aromatic nitrogens is 3. The second-order valence-corrected chi connectivity index (χ2v) is 6.74. The van der Waals surface area contributed by atoms with Gasteiger partial charge in [0, 0.05) is 16.3 Å². The summed E-state index contributed by atoms with van der Waals surface area (Å²) in [6.07, 6.45) is 1.65. The van der Waals surface area contributed by atoms with Crippen molar-refractivity contribution in [1.82, 2.24) is 14.8 Å². The summed E-state index contributed by atoms with van der Waals surface area (Å²) in [5.74, 6) is 2.17. The van der Waals surface area contributed by atoms with Crippen LogP contribution < -0.4 is 0 Å². The first-order chi connectivity index (χ1) is 11.7.